The van der Waals surface area contributed by atoms with Crippen LogP contribution in [0.1, 0.15) is 12.5 Å². The Hall–Kier alpha value is -2.05. The van der Waals surface area contributed by atoms with Crippen LogP contribution >= 0.6 is 0 Å². The van der Waals surface area contributed by atoms with Gasteiger partial charge in [0.15, 0.2) is 0 Å². The van der Waals surface area contributed by atoms with Crippen molar-refractivity contribution in [3.05, 3.63) is 33.6 Å². The summed E-state index contributed by atoms with van der Waals surface area (Å²) in [6.07, 6.45) is 0. The molecule has 1 rings (SSSR count). The predicted molar refractivity (Wildman–Crippen MR) is 72.4 cm³/mol. The molecular weight excluding hydrogens is 301 g/mol. The third kappa shape index (κ3) is 3.53. The van der Waals surface area contributed by atoms with Gasteiger partial charge in [-0.2, -0.15) is 14.0 Å². The van der Waals surface area contributed by atoms with Gasteiger partial charge in [-0.25, -0.2) is 8.42 Å². The number of nitrogens with zero attached hydrogens (tertiary/aromatic N) is 3. The van der Waals surface area contributed by atoms with Gasteiger partial charge >= 0.3 is 5.69 Å². The fourth-order valence-corrected chi connectivity index (χ4v) is 3.23. The highest BCUT2D eigenvalue weighted by Crippen LogP contribution is 2.27. The number of benzene rings is 1. The number of sulfonamides is 1. The fourth-order valence-electron chi connectivity index (χ4n) is 1.75. The molecule has 0 aliphatic carbocycles. The summed E-state index contributed by atoms with van der Waals surface area (Å²) in [5.41, 5.74) is -0.838. The molecule has 9 heteroatoms. The van der Waals surface area contributed by atoms with Gasteiger partial charge in [-0.15, -0.1) is 0 Å². The van der Waals surface area contributed by atoms with E-state index in [9.17, 15) is 22.9 Å². The highest BCUT2D eigenvalue weighted by molar-refractivity contribution is 7.89. The second-order valence-electron chi connectivity index (χ2n) is 4.64. The van der Waals surface area contributed by atoms with Crippen LogP contribution in [0.3, 0.4) is 0 Å². The van der Waals surface area contributed by atoms with E-state index in [0.717, 1.165) is 10.4 Å². The zero-order valence-corrected chi connectivity index (χ0v) is 12.5. The van der Waals surface area contributed by atoms with Crippen LogP contribution in [0.2, 0.25) is 0 Å². The van der Waals surface area contributed by atoms with Crippen molar-refractivity contribution < 1.29 is 17.7 Å². The lowest BCUT2D eigenvalue weighted by molar-refractivity contribution is -0.387. The Morgan fingerprint density at radius 2 is 2.10 bits per heavy atom. The zero-order valence-electron chi connectivity index (χ0n) is 11.7. The number of nitro benzene ring substituents is 1. The van der Waals surface area contributed by atoms with Crippen molar-refractivity contribution in [3.63, 3.8) is 0 Å². The van der Waals surface area contributed by atoms with Crippen LogP contribution in [0, 0.1) is 40.1 Å². The van der Waals surface area contributed by atoms with Gasteiger partial charge in [0.25, 0.3) is 0 Å². The molecule has 0 aliphatic rings. The Morgan fingerprint density at radius 3 is 2.57 bits per heavy atom. The minimum atomic E-state index is -4.04. The maximum Gasteiger partial charge on any atom is 0.306 e. The Balaban J connectivity index is 3.35. The number of hydrogen-bond donors (Lipinski definition) is 0. The van der Waals surface area contributed by atoms with Crippen LogP contribution in [-0.2, 0) is 10.0 Å². The molecule has 114 valence electrons. The molecule has 0 amide bonds. The van der Waals surface area contributed by atoms with E-state index >= 15 is 0 Å². The molecule has 0 radical (unpaired) electrons. The van der Waals surface area contributed by atoms with Crippen LogP contribution < -0.4 is 0 Å². The summed E-state index contributed by atoms with van der Waals surface area (Å²) in [6.45, 7) is 2.83. The predicted octanol–water partition coefficient (Wildman–Crippen LogP) is 1.82. The first-order chi connectivity index (χ1) is 9.61. The molecular formula is C12H14FN3O4S. The molecule has 0 aliphatic heterocycles. The number of nitriles is 1. The molecule has 0 saturated heterocycles. The Morgan fingerprint density at radius 1 is 1.52 bits per heavy atom. The lowest BCUT2D eigenvalue weighted by Gasteiger charge is -2.19. The Bertz CT molecular complexity index is 712. The smallest absolute Gasteiger partial charge is 0.258 e. The van der Waals surface area contributed by atoms with Gasteiger partial charge in [0, 0.05) is 19.7 Å². The second-order valence-corrected chi connectivity index (χ2v) is 6.66. The van der Waals surface area contributed by atoms with Crippen molar-refractivity contribution >= 4 is 15.7 Å². The van der Waals surface area contributed by atoms with Crippen molar-refractivity contribution in [2.45, 2.75) is 18.7 Å². The zero-order chi connectivity index (χ0) is 16.4. The van der Waals surface area contributed by atoms with Gasteiger partial charge in [0.1, 0.15) is 0 Å². The highest BCUT2D eigenvalue weighted by Gasteiger charge is 2.28. The van der Waals surface area contributed by atoms with Crippen molar-refractivity contribution in [1.29, 1.82) is 5.26 Å². The van der Waals surface area contributed by atoms with Gasteiger partial charge in [0.05, 0.1) is 21.8 Å². The Labute approximate surface area is 121 Å². The molecule has 7 nitrogen and oxygen atoms in total. The summed E-state index contributed by atoms with van der Waals surface area (Å²) in [5, 5.41) is 19.4. The molecule has 21 heavy (non-hydrogen) atoms. The molecule has 0 spiro atoms. The van der Waals surface area contributed by atoms with Crippen molar-refractivity contribution in [3.8, 4) is 6.07 Å². The third-order valence-electron chi connectivity index (χ3n) is 2.88. The first kappa shape index (κ1) is 17.0. The van der Waals surface area contributed by atoms with Crippen molar-refractivity contribution in [2.75, 3.05) is 13.6 Å². The maximum absolute atomic E-state index is 13.4. The van der Waals surface area contributed by atoms with Gasteiger partial charge in [-0.1, -0.05) is 0 Å². The molecule has 0 fully saturated rings. The molecule has 0 heterocycles. The fraction of sp³-hybridized carbons (Fsp3) is 0.417. The van der Waals surface area contributed by atoms with E-state index in [1.165, 1.54) is 14.0 Å². The van der Waals surface area contributed by atoms with Crippen molar-refractivity contribution in [2.24, 2.45) is 5.92 Å². The van der Waals surface area contributed by atoms with Crippen molar-refractivity contribution in [1.82, 2.24) is 4.31 Å². The van der Waals surface area contributed by atoms with Gasteiger partial charge < -0.3 is 0 Å². The first-order valence-corrected chi connectivity index (χ1v) is 7.35. The lowest BCUT2D eigenvalue weighted by Crippen LogP contribution is -2.31. The summed E-state index contributed by atoms with van der Waals surface area (Å²) in [5.74, 6) is -1.63. The molecule has 1 aromatic carbocycles. The van der Waals surface area contributed by atoms with Crippen LogP contribution in [0.25, 0.3) is 0 Å². The summed E-state index contributed by atoms with van der Waals surface area (Å²) < 4.78 is 39.1. The minimum absolute atomic E-state index is 0.0644. The lowest BCUT2D eigenvalue weighted by atomic mass is 10.2. The third-order valence-corrected chi connectivity index (χ3v) is 4.85. The van der Waals surface area contributed by atoms with Crippen LogP contribution in [-0.4, -0.2) is 31.2 Å². The van der Waals surface area contributed by atoms with Crippen LogP contribution in [0.4, 0.5) is 10.1 Å². The molecule has 0 saturated carbocycles. The molecule has 0 N–H and O–H groups in total. The molecule has 1 atom stereocenters. The standard InChI is InChI=1S/C12H14FN3O4S/c1-8(6-14)7-15(3)21(19,20)12-5-11(16(17)18)10(13)4-9(12)2/h4-5,8H,7H2,1-3H3. The number of aryl methyl sites for hydroxylation is 1. The van der Waals surface area contributed by atoms with E-state index in [2.05, 4.69) is 0 Å². The van der Waals surface area contributed by atoms with E-state index in [1.54, 1.807) is 6.92 Å². The monoisotopic (exact) mass is 315 g/mol. The normalized spacial score (nSPS) is 13.0. The van der Waals surface area contributed by atoms with E-state index in [0.29, 0.717) is 6.07 Å². The Kier molecular flexibility index (Phi) is 4.98. The summed E-state index contributed by atoms with van der Waals surface area (Å²) in [7, 11) is -2.77. The number of nitro groups is 1. The van der Waals surface area contributed by atoms with Crippen LogP contribution in [0.15, 0.2) is 17.0 Å². The average Bonchev–Trinajstić information content (AvgIpc) is 2.37. The van der Waals surface area contributed by atoms with E-state index in [-0.39, 0.29) is 17.0 Å². The number of halogens is 1. The van der Waals surface area contributed by atoms with Gasteiger partial charge in [0.2, 0.25) is 15.8 Å². The molecule has 1 aromatic rings. The van der Waals surface area contributed by atoms with Gasteiger partial charge in [-0.3, -0.25) is 10.1 Å². The summed E-state index contributed by atoms with van der Waals surface area (Å²) in [4.78, 5) is 9.40. The molecule has 0 bridgehead atoms. The quantitative estimate of drug-likeness (QED) is 0.609. The van der Waals surface area contributed by atoms with E-state index < -0.39 is 32.4 Å². The van der Waals surface area contributed by atoms with Gasteiger partial charge in [-0.05, 0) is 25.5 Å². The summed E-state index contributed by atoms with van der Waals surface area (Å²) >= 11 is 0. The van der Waals surface area contributed by atoms with E-state index in [1.807, 2.05) is 6.07 Å². The average molecular weight is 315 g/mol. The first-order valence-electron chi connectivity index (χ1n) is 5.91. The minimum Gasteiger partial charge on any atom is -0.258 e. The maximum atomic E-state index is 13.4. The number of rotatable bonds is 5. The summed E-state index contributed by atoms with van der Waals surface area (Å²) in [6, 6.07) is 3.41. The van der Waals surface area contributed by atoms with Crippen LogP contribution in [0.5, 0.6) is 0 Å². The largest absolute Gasteiger partial charge is 0.306 e. The SMILES string of the molecule is Cc1cc(F)c([N+](=O)[O-])cc1S(=O)(=O)N(C)CC(C)C#N. The number of hydrogen-bond acceptors (Lipinski definition) is 5. The second kappa shape index (κ2) is 6.15. The molecule has 1 unspecified atom stereocenters. The topological polar surface area (TPSA) is 104 Å². The molecule has 0 aromatic heterocycles. The van der Waals surface area contributed by atoms with E-state index in [4.69, 9.17) is 5.26 Å². The highest BCUT2D eigenvalue weighted by atomic mass is 32.2.